The average Bonchev–Trinajstić information content (AvgIpc) is 1.12. The zero-order valence-electron chi connectivity index (χ0n) is 6.46. The zero-order valence-corrected chi connectivity index (χ0v) is 7.21. The van der Waals surface area contributed by atoms with Gasteiger partial charge in [0.2, 0.25) is 0 Å². The highest BCUT2D eigenvalue weighted by atomic mass is 35.7. The van der Waals surface area contributed by atoms with E-state index in [-0.39, 0.29) is 0 Å². The molecule has 0 amide bonds. The lowest BCUT2D eigenvalue weighted by molar-refractivity contribution is -2.00. The summed E-state index contributed by atoms with van der Waals surface area (Å²) >= 11 is 0. The van der Waals surface area contributed by atoms with Gasteiger partial charge in [0.25, 0.3) is 0 Å². The van der Waals surface area contributed by atoms with Crippen molar-refractivity contribution in [2.24, 2.45) is 0 Å². The molecule has 6 heteroatoms. The summed E-state index contributed by atoms with van der Waals surface area (Å²) in [5.74, 6) is 0. The molecule has 10 heavy (non-hydrogen) atoms. The van der Waals surface area contributed by atoms with Crippen molar-refractivity contribution in [3.63, 3.8) is 0 Å². The Kier molecular flexibility index (Phi) is 5.18. The van der Waals surface area contributed by atoms with Crippen LogP contribution in [-0.2, 0) is 0 Å². The number of nitrogens with zero attached hydrogens (tertiary/aromatic N) is 1. The molecular formula is C4H12ClNO4. The summed E-state index contributed by atoms with van der Waals surface area (Å²) in [6.07, 6.45) is 0. The molecule has 0 unspecified atom stereocenters. The topological polar surface area (TPSA) is 92.2 Å². The van der Waals surface area contributed by atoms with Crippen molar-refractivity contribution in [1.29, 1.82) is 0 Å². The van der Waals surface area contributed by atoms with Crippen LogP contribution >= 0.6 is 0 Å². The lowest BCUT2D eigenvalue weighted by atomic mass is 10.8. The Morgan fingerprint density at radius 1 is 0.800 bits per heavy atom. The van der Waals surface area contributed by atoms with Crippen LogP contribution in [0.2, 0.25) is 0 Å². The molecular weight excluding hydrogens is 161 g/mol. The second kappa shape index (κ2) is 4.07. The van der Waals surface area contributed by atoms with E-state index in [9.17, 15) is 0 Å². The Morgan fingerprint density at radius 2 is 0.800 bits per heavy atom. The third kappa shape index (κ3) is 50200. The van der Waals surface area contributed by atoms with E-state index in [1.807, 2.05) is 0 Å². The highest BCUT2D eigenvalue weighted by Crippen LogP contribution is 1.73. The van der Waals surface area contributed by atoms with Crippen LogP contribution in [0, 0.1) is 10.2 Å². The molecule has 0 radical (unpaired) electrons. The minimum Gasteiger partial charge on any atom is -0.333 e. The first-order chi connectivity index (χ1) is 4.00. The van der Waals surface area contributed by atoms with E-state index in [4.69, 9.17) is 18.6 Å². The van der Waals surface area contributed by atoms with Crippen molar-refractivity contribution in [2.45, 2.75) is 0 Å². The maximum atomic E-state index is 8.49. The molecule has 0 aliphatic rings. The Bertz CT molecular complexity index is 60.2. The largest absolute Gasteiger partial charge is 0.333 e. The van der Waals surface area contributed by atoms with Crippen LogP contribution in [0.4, 0.5) is 0 Å². The average molecular weight is 174 g/mol. The standard InChI is InChI=1S/C4H12N.ClHO4/c1-5(2,3)4;2-1(3,4)5/h1-4H3;(H,2,3,4,5)/q+1;/p-1. The molecule has 0 aromatic rings. The fourth-order valence-corrected chi connectivity index (χ4v) is 0. The van der Waals surface area contributed by atoms with E-state index >= 15 is 0 Å². The van der Waals surface area contributed by atoms with Crippen molar-refractivity contribution >= 4 is 0 Å². The minimum atomic E-state index is -4.94. The zero-order chi connectivity index (χ0) is 9.00. The van der Waals surface area contributed by atoms with E-state index in [1.165, 1.54) is 0 Å². The van der Waals surface area contributed by atoms with E-state index < -0.39 is 10.2 Å². The van der Waals surface area contributed by atoms with Gasteiger partial charge in [-0.3, -0.25) is 0 Å². The van der Waals surface area contributed by atoms with Crippen molar-refractivity contribution in [3.8, 4) is 0 Å². The Morgan fingerprint density at radius 3 is 0.800 bits per heavy atom. The summed E-state index contributed by atoms with van der Waals surface area (Å²) in [4.78, 5) is 0. The molecule has 0 saturated carbocycles. The monoisotopic (exact) mass is 173 g/mol. The van der Waals surface area contributed by atoms with Gasteiger partial charge >= 0.3 is 0 Å². The van der Waals surface area contributed by atoms with Crippen LogP contribution in [0.15, 0.2) is 0 Å². The van der Waals surface area contributed by atoms with Crippen LogP contribution in [-0.4, -0.2) is 32.7 Å². The first kappa shape index (κ1) is 12.7. The Hall–Kier alpha value is 0.0900. The number of hydrogen-bond donors (Lipinski definition) is 0. The van der Waals surface area contributed by atoms with Gasteiger partial charge in [0.05, 0.1) is 28.2 Å². The maximum absolute atomic E-state index is 8.49. The quantitative estimate of drug-likeness (QED) is 0.346. The molecule has 64 valence electrons. The first-order valence-electron chi connectivity index (χ1n) is 2.41. The van der Waals surface area contributed by atoms with Crippen LogP contribution in [0.3, 0.4) is 0 Å². The first-order valence-corrected chi connectivity index (χ1v) is 3.64. The molecule has 0 aromatic carbocycles. The lowest BCUT2D eigenvalue weighted by Crippen LogP contribution is -2.68. The predicted molar refractivity (Wildman–Crippen MR) is 24.0 cm³/mol. The van der Waals surface area contributed by atoms with Crippen LogP contribution in [0.1, 0.15) is 0 Å². The van der Waals surface area contributed by atoms with Gasteiger partial charge in [-0.05, 0) is 0 Å². The van der Waals surface area contributed by atoms with E-state index in [0.29, 0.717) is 0 Å². The van der Waals surface area contributed by atoms with Gasteiger partial charge in [-0.1, -0.05) is 0 Å². The van der Waals surface area contributed by atoms with Crippen LogP contribution < -0.4 is 18.6 Å². The number of rotatable bonds is 0. The summed E-state index contributed by atoms with van der Waals surface area (Å²) in [5.41, 5.74) is 0. The number of hydrogen-bond acceptors (Lipinski definition) is 4. The molecule has 0 saturated heterocycles. The molecule has 0 bridgehead atoms. The molecule has 0 rings (SSSR count). The SMILES string of the molecule is C[N+](C)(C)C.[O-][Cl+3]([O-])([O-])[O-]. The fraction of sp³-hybridized carbons (Fsp3) is 1.00. The predicted octanol–water partition coefficient (Wildman–Crippen LogP) is -4.43. The summed E-state index contributed by atoms with van der Waals surface area (Å²) in [6, 6.07) is 0. The fourth-order valence-electron chi connectivity index (χ4n) is 0. The van der Waals surface area contributed by atoms with Gasteiger partial charge < -0.3 is 4.48 Å². The van der Waals surface area contributed by atoms with Crippen LogP contribution in [0.25, 0.3) is 0 Å². The van der Waals surface area contributed by atoms with Gasteiger partial charge in [-0.25, -0.2) is 18.6 Å². The third-order valence-corrected chi connectivity index (χ3v) is 0. The molecule has 0 spiro atoms. The Balaban J connectivity index is 0. The van der Waals surface area contributed by atoms with E-state index in [0.717, 1.165) is 4.48 Å². The van der Waals surface area contributed by atoms with Crippen LogP contribution in [0.5, 0.6) is 0 Å². The number of halogens is 1. The van der Waals surface area contributed by atoms with Crippen molar-refractivity contribution in [1.82, 2.24) is 0 Å². The molecule has 0 aromatic heterocycles. The van der Waals surface area contributed by atoms with E-state index in [2.05, 4.69) is 28.2 Å². The molecule has 0 heterocycles. The molecule has 5 nitrogen and oxygen atoms in total. The van der Waals surface area contributed by atoms with Gasteiger partial charge in [-0.15, -0.1) is 10.2 Å². The smallest absolute Gasteiger partial charge is 0.0675 e. The second-order valence-electron chi connectivity index (χ2n) is 3.06. The maximum Gasteiger partial charge on any atom is 0.0675 e. The van der Waals surface area contributed by atoms with Gasteiger partial charge in [0.15, 0.2) is 0 Å². The normalized spacial score (nSPS) is 12.0. The van der Waals surface area contributed by atoms with Gasteiger partial charge in [-0.2, -0.15) is 0 Å². The summed E-state index contributed by atoms with van der Waals surface area (Å²) in [6.45, 7) is 0. The summed E-state index contributed by atoms with van der Waals surface area (Å²) in [7, 11) is 3.56. The molecule has 0 fully saturated rings. The van der Waals surface area contributed by atoms with Crippen molar-refractivity contribution in [2.75, 3.05) is 28.2 Å². The lowest BCUT2D eigenvalue weighted by Gasteiger charge is -2.17. The summed E-state index contributed by atoms with van der Waals surface area (Å²) < 4.78 is 35.0. The van der Waals surface area contributed by atoms with Gasteiger partial charge in [0.1, 0.15) is 0 Å². The highest BCUT2D eigenvalue weighted by Gasteiger charge is 1.88. The third-order valence-electron chi connectivity index (χ3n) is 0. The second-order valence-corrected chi connectivity index (χ2v) is 3.82. The Labute approximate surface area is 62.4 Å². The van der Waals surface area contributed by atoms with Crippen molar-refractivity contribution in [3.05, 3.63) is 0 Å². The van der Waals surface area contributed by atoms with E-state index in [1.54, 1.807) is 0 Å². The molecule has 0 atom stereocenters. The molecule has 0 aliphatic carbocycles. The molecule has 0 N–H and O–H groups in total. The highest BCUT2D eigenvalue weighted by molar-refractivity contribution is 3.87. The molecule has 0 aliphatic heterocycles. The summed E-state index contributed by atoms with van der Waals surface area (Å²) in [5, 5.41) is 0. The van der Waals surface area contributed by atoms with Crippen molar-refractivity contribution < 1.29 is 33.4 Å². The minimum absolute atomic E-state index is 1.00. The van der Waals surface area contributed by atoms with Gasteiger partial charge in [0, 0.05) is 0 Å². The number of quaternary nitrogens is 1.